The molecule has 2 nitrogen and oxygen atoms in total. The zero-order valence-corrected chi connectivity index (χ0v) is 8.34. The highest BCUT2D eigenvalue weighted by Crippen LogP contribution is 2.34. The Kier molecular flexibility index (Phi) is 4.02. The van der Waals surface area contributed by atoms with Crippen LogP contribution in [-0.4, -0.2) is 6.04 Å². The van der Waals surface area contributed by atoms with Crippen molar-refractivity contribution < 1.29 is 0 Å². The third-order valence-electron chi connectivity index (χ3n) is 3.26. The second-order valence-electron chi connectivity index (χ2n) is 4.13. The highest BCUT2D eigenvalue weighted by atomic mass is 15.2. The first-order valence-corrected chi connectivity index (χ1v) is 5.25. The largest absolute Gasteiger partial charge is 0.271 e. The van der Waals surface area contributed by atoms with Gasteiger partial charge in [0.15, 0.2) is 0 Å². The van der Waals surface area contributed by atoms with E-state index in [0.717, 1.165) is 11.8 Å². The number of nitrogens with two attached hydrogens (primary N) is 1. The van der Waals surface area contributed by atoms with Crippen LogP contribution in [0.15, 0.2) is 0 Å². The monoisotopic (exact) mass is 170 g/mol. The molecule has 1 rings (SSSR count). The summed E-state index contributed by atoms with van der Waals surface area (Å²) < 4.78 is 0. The number of hydrogen-bond acceptors (Lipinski definition) is 2. The molecule has 0 bridgehead atoms. The van der Waals surface area contributed by atoms with Gasteiger partial charge in [-0.25, -0.2) is 0 Å². The van der Waals surface area contributed by atoms with E-state index in [1.54, 1.807) is 0 Å². The molecule has 1 saturated carbocycles. The molecule has 3 unspecified atom stereocenters. The molecule has 0 heterocycles. The summed E-state index contributed by atoms with van der Waals surface area (Å²) in [4.78, 5) is 0. The van der Waals surface area contributed by atoms with Crippen LogP contribution in [0, 0.1) is 11.8 Å². The number of rotatable bonds is 4. The molecule has 0 aromatic heterocycles. The Bertz CT molecular complexity index is 125. The zero-order chi connectivity index (χ0) is 8.97. The quantitative estimate of drug-likeness (QED) is 0.500. The molecule has 0 radical (unpaired) electrons. The Morgan fingerprint density at radius 3 is 2.67 bits per heavy atom. The first kappa shape index (κ1) is 10.0. The predicted molar refractivity (Wildman–Crippen MR) is 52.5 cm³/mol. The van der Waals surface area contributed by atoms with Gasteiger partial charge in [0.1, 0.15) is 0 Å². The summed E-state index contributed by atoms with van der Waals surface area (Å²) in [6, 6.07) is 0.562. The SMILES string of the molecule is CCCC(NN)C1CCCC1C. The molecule has 72 valence electrons. The van der Waals surface area contributed by atoms with Gasteiger partial charge in [-0.3, -0.25) is 11.3 Å². The van der Waals surface area contributed by atoms with Gasteiger partial charge < -0.3 is 0 Å². The van der Waals surface area contributed by atoms with E-state index >= 15 is 0 Å². The molecule has 0 aromatic carbocycles. The minimum Gasteiger partial charge on any atom is -0.271 e. The van der Waals surface area contributed by atoms with E-state index < -0.39 is 0 Å². The Morgan fingerprint density at radius 1 is 1.50 bits per heavy atom. The van der Waals surface area contributed by atoms with Crippen molar-refractivity contribution in [3.8, 4) is 0 Å². The fourth-order valence-corrected chi connectivity index (χ4v) is 2.50. The lowest BCUT2D eigenvalue weighted by molar-refractivity contribution is 0.284. The average Bonchev–Trinajstić information content (AvgIpc) is 2.47. The van der Waals surface area contributed by atoms with E-state index in [4.69, 9.17) is 5.84 Å². The molecule has 0 aromatic rings. The van der Waals surface area contributed by atoms with Crippen LogP contribution < -0.4 is 11.3 Å². The number of hydrogen-bond donors (Lipinski definition) is 2. The van der Waals surface area contributed by atoms with Crippen LogP contribution in [0.4, 0.5) is 0 Å². The number of hydrazine groups is 1. The lowest BCUT2D eigenvalue weighted by Crippen LogP contribution is -2.41. The van der Waals surface area contributed by atoms with Crippen molar-refractivity contribution in [3.05, 3.63) is 0 Å². The third-order valence-corrected chi connectivity index (χ3v) is 3.26. The lowest BCUT2D eigenvalue weighted by atomic mass is 9.88. The smallest absolute Gasteiger partial charge is 0.0241 e. The van der Waals surface area contributed by atoms with Crippen LogP contribution in [0.2, 0.25) is 0 Å². The van der Waals surface area contributed by atoms with Crippen molar-refractivity contribution in [1.29, 1.82) is 0 Å². The van der Waals surface area contributed by atoms with Crippen molar-refractivity contribution >= 4 is 0 Å². The van der Waals surface area contributed by atoms with Crippen molar-refractivity contribution in [3.63, 3.8) is 0 Å². The summed E-state index contributed by atoms with van der Waals surface area (Å²) in [5.74, 6) is 7.25. The highest BCUT2D eigenvalue weighted by Gasteiger charge is 2.29. The van der Waals surface area contributed by atoms with Crippen LogP contribution >= 0.6 is 0 Å². The van der Waals surface area contributed by atoms with Gasteiger partial charge in [0.05, 0.1) is 0 Å². The number of nitrogens with one attached hydrogen (secondary N) is 1. The van der Waals surface area contributed by atoms with Gasteiger partial charge in [0.25, 0.3) is 0 Å². The van der Waals surface area contributed by atoms with E-state index in [0.29, 0.717) is 6.04 Å². The van der Waals surface area contributed by atoms with Crippen molar-refractivity contribution in [2.45, 2.75) is 52.0 Å². The van der Waals surface area contributed by atoms with Gasteiger partial charge in [-0.1, -0.05) is 33.1 Å². The second kappa shape index (κ2) is 4.83. The van der Waals surface area contributed by atoms with Crippen LogP contribution in [0.25, 0.3) is 0 Å². The molecule has 0 amide bonds. The zero-order valence-electron chi connectivity index (χ0n) is 8.34. The molecule has 3 N–H and O–H groups in total. The van der Waals surface area contributed by atoms with Crippen LogP contribution in [0.3, 0.4) is 0 Å². The molecule has 0 aliphatic heterocycles. The minimum atomic E-state index is 0.562. The van der Waals surface area contributed by atoms with E-state index in [2.05, 4.69) is 19.3 Å². The Morgan fingerprint density at radius 2 is 2.25 bits per heavy atom. The van der Waals surface area contributed by atoms with E-state index in [1.807, 2.05) is 0 Å². The third kappa shape index (κ3) is 2.20. The second-order valence-corrected chi connectivity index (χ2v) is 4.13. The molecule has 0 saturated heterocycles. The normalized spacial score (nSPS) is 32.2. The fourth-order valence-electron chi connectivity index (χ4n) is 2.50. The Balaban J connectivity index is 2.41. The molecule has 0 spiro atoms. The van der Waals surface area contributed by atoms with Crippen LogP contribution in [0.1, 0.15) is 46.0 Å². The summed E-state index contributed by atoms with van der Waals surface area (Å²) in [7, 11) is 0. The molecule has 1 aliphatic rings. The van der Waals surface area contributed by atoms with Gasteiger partial charge in [-0.15, -0.1) is 0 Å². The van der Waals surface area contributed by atoms with E-state index in [-0.39, 0.29) is 0 Å². The first-order valence-electron chi connectivity index (χ1n) is 5.25. The molecular weight excluding hydrogens is 148 g/mol. The first-order chi connectivity index (χ1) is 5.79. The molecule has 3 atom stereocenters. The van der Waals surface area contributed by atoms with Crippen LogP contribution in [-0.2, 0) is 0 Å². The van der Waals surface area contributed by atoms with Gasteiger partial charge in [0, 0.05) is 6.04 Å². The fraction of sp³-hybridized carbons (Fsp3) is 1.00. The van der Waals surface area contributed by atoms with E-state index in [9.17, 15) is 0 Å². The van der Waals surface area contributed by atoms with Gasteiger partial charge >= 0.3 is 0 Å². The van der Waals surface area contributed by atoms with Crippen molar-refractivity contribution in [1.82, 2.24) is 5.43 Å². The topological polar surface area (TPSA) is 38.0 Å². The summed E-state index contributed by atoms with van der Waals surface area (Å²) >= 11 is 0. The van der Waals surface area contributed by atoms with Gasteiger partial charge in [0.2, 0.25) is 0 Å². The highest BCUT2D eigenvalue weighted by molar-refractivity contribution is 4.83. The molecule has 12 heavy (non-hydrogen) atoms. The van der Waals surface area contributed by atoms with Crippen molar-refractivity contribution in [2.24, 2.45) is 17.7 Å². The maximum absolute atomic E-state index is 5.55. The molecule has 2 heteroatoms. The maximum Gasteiger partial charge on any atom is 0.0241 e. The van der Waals surface area contributed by atoms with Crippen molar-refractivity contribution in [2.75, 3.05) is 0 Å². The molecular formula is C10H22N2. The molecule has 1 fully saturated rings. The lowest BCUT2D eigenvalue weighted by Gasteiger charge is -2.25. The summed E-state index contributed by atoms with van der Waals surface area (Å²) in [5.41, 5.74) is 2.98. The summed E-state index contributed by atoms with van der Waals surface area (Å²) in [6.45, 7) is 4.58. The molecule has 1 aliphatic carbocycles. The van der Waals surface area contributed by atoms with Gasteiger partial charge in [-0.05, 0) is 24.7 Å². The standard InChI is InChI=1S/C10H22N2/c1-3-5-10(12-11)9-7-4-6-8(9)2/h8-10,12H,3-7,11H2,1-2H3. The Labute approximate surface area is 75.9 Å². The Hall–Kier alpha value is -0.0800. The van der Waals surface area contributed by atoms with Gasteiger partial charge in [-0.2, -0.15) is 0 Å². The average molecular weight is 170 g/mol. The van der Waals surface area contributed by atoms with E-state index in [1.165, 1.54) is 32.1 Å². The van der Waals surface area contributed by atoms with Crippen LogP contribution in [0.5, 0.6) is 0 Å². The summed E-state index contributed by atoms with van der Waals surface area (Å²) in [6.07, 6.45) is 6.62. The predicted octanol–water partition coefficient (Wildman–Crippen LogP) is 2.05. The minimum absolute atomic E-state index is 0.562. The maximum atomic E-state index is 5.55. The summed E-state index contributed by atoms with van der Waals surface area (Å²) in [5, 5.41) is 0.